The van der Waals surface area contributed by atoms with E-state index >= 15 is 0 Å². The van der Waals surface area contributed by atoms with E-state index in [0.717, 1.165) is 5.52 Å². The van der Waals surface area contributed by atoms with Crippen molar-refractivity contribution in [3.8, 4) is 12.3 Å². The molecular formula is C13H13N3O. The number of terminal acetylenes is 1. The second-order valence-corrected chi connectivity index (χ2v) is 3.87. The number of nitrogens with one attached hydrogen (secondary N) is 1. The van der Waals surface area contributed by atoms with Gasteiger partial charge in [0.25, 0.3) is 5.91 Å². The van der Waals surface area contributed by atoms with E-state index in [4.69, 9.17) is 6.42 Å². The Labute approximate surface area is 99.6 Å². The zero-order chi connectivity index (χ0) is 12.3. The molecule has 0 aliphatic heterocycles. The number of hydrogen-bond donors (Lipinski definition) is 1. The summed E-state index contributed by atoms with van der Waals surface area (Å²) in [5.74, 6) is 2.38. The van der Waals surface area contributed by atoms with Crippen LogP contribution in [0.3, 0.4) is 0 Å². The first-order chi connectivity index (χ1) is 8.22. The van der Waals surface area contributed by atoms with Crippen LogP contribution in [-0.4, -0.2) is 21.6 Å². The van der Waals surface area contributed by atoms with Crippen LogP contribution in [0.2, 0.25) is 0 Å². The predicted molar refractivity (Wildman–Crippen MR) is 65.6 cm³/mol. The minimum Gasteiger partial charge on any atom is -0.349 e. The first-order valence-electron chi connectivity index (χ1n) is 5.39. The van der Waals surface area contributed by atoms with Gasteiger partial charge in [0.15, 0.2) is 0 Å². The minimum atomic E-state index is -0.144. The number of nitrogens with zero attached hydrogens (tertiary/aromatic N) is 2. The van der Waals surface area contributed by atoms with Crippen LogP contribution in [0.4, 0.5) is 0 Å². The summed E-state index contributed by atoms with van der Waals surface area (Å²) in [6.07, 6.45) is 9.08. The molecule has 4 nitrogen and oxygen atoms in total. The second kappa shape index (κ2) is 4.71. The number of fused-ring (bicyclic) bond motifs is 1. The van der Waals surface area contributed by atoms with Gasteiger partial charge in [0.1, 0.15) is 0 Å². The van der Waals surface area contributed by atoms with Gasteiger partial charge in [-0.15, -0.1) is 12.3 Å². The van der Waals surface area contributed by atoms with Crippen molar-refractivity contribution in [1.29, 1.82) is 0 Å². The molecule has 2 aromatic rings. The third-order valence-electron chi connectivity index (χ3n) is 2.47. The fourth-order valence-corrected chi connectivity index (χ4v) is 1.64. The van der Waals surface area contributed by atoms with Crippen molar-refractivity contribution in [2.75, 3.05) is 0 Å². The van der Waals surface area contributed by atoms with Gasteiger partial charge in [-0.25, -0.2) is 4.52 Å². The van der Waals surface area contributed by atoms with E-state index in [1.165, 1.54) is 0 Å². The summed E-state index contributed by atoms with van der Waals surface area (Å²) in [6.45, 7) is 1.88. The summed E-state index contributed by atoms with van der Waals surface area (Å²) in [4.78, 5) is 12.0. The van der Waals surface area contributed by atoms with Crippen LogP contribution in [0.15, 0.2) is 30.6 Å². The fraction of sp³-hybridized carbons (Fsp3) is 0.231. The topological polar surface area (TPSA) is 46.4 Å². The Hall–Kier alpha value is -2.28. The van der Waals surface area contributed by atoms with Gasteiger partial charge >= 0.3 is 0 Å². The van der Waals surface area contributed by atoms with Crippen LogP contribution < -0.4 is 5.32 Å². The largest absolute Gasteiger partial charge is 0.349 e. The monoisotopic (exact) mass is 227 g/mol. The Morgan fingerprint density at radius 2 is 2.47 bits per heavy atom. The molecule has 1 atom stereocenters. The van der Waals surface area contributed by atoms with Gasteiger partial charge in [-0.3, -0.25) is 4.79 Å². The van der Waals surface area contributed by atoms with Crippen molar-refractivity contribution in [1.82, 2.24) is 14.9 Å². The molecule has 2 heterocycles. The van der Waals surface area contributed by atoms with Gasteiger partial charge in [-0.2, -0.15) is 5.10 Å². The van der Waals surface area contributed by atoms with Gasteiger partial charge in [0, 0.05) is 18.7 Å². The average molecular weight is 227 g/mol. The number of pyridine rings is 1. The lowest BCUT2D eigenvalue weighted by atomic mass is 10.2. The van der Waals surface area contributed by atoms with Crippen LogP contribution in [0.25, 0.3) is 5.52 Å². The number of aromatic nitrogens is 2. The first-order valence-corrected chi connectivity index (χ1v) is 5.39. The average Bonchev–Trinajstić information content (AvgIpc) is 2.72. The Kier molecular flexibility index (Phi) is 3.10. The van der Waals surface area contributed by atoms with Crippen molar-refractivity contribution in [3.05, 3.63) is 36.2 Å². The van der Waals surface area contributed by atoms with Crippen molar-refractivity contribution in [2.24, 2.45) is 0 Å². The zero-order valence-electron chi connectivity index (χ0n) is 9.55. The molecule has 0 aliphatic carbocycles. The molecule has 0 saturated heterocycles. The second-order valence-electron chi connectivity index (χ2n) is 3.87. The third-order valence-corrected chi connectivity index (χ3v) is 2.47. The lowest BCUT2D eigenvalue weighted by Crippen LogP contribution is -2.32. The van der Waals surface area contributed by atoms with Crippen molar-refractivity contribution in [3.63, 3.8) is 0 Å². The summed E-state index contributed by atoms with van der Waals surface area (Å²) in [5.41, 5.74) is 1.35. The quantitative estimate of drug-likeness (QED) is 0.807. The van der Waals surface area contributed by atoms with E-state index in [9.17, 15) is 4.79 Å². The maximum absolute atomic E-state index is 12.0. The number of carbonyl (C=O) groups is 1. The molecule has 2 aromatic heterocycles. The number of amides is 1. The number of carbonyl (C=O) groups excluding carboxylic acids is 1. The summed E-state index contributed by atoms with van der Waals surface area (Å²) in [5, 5.41) is 6.95. The smallest absolute Gasteiger partial charge is 0.255 e. The van der Waals surface area contributed by atoms with Gasteiger partial charge in [-0.05, 0) is 19.1 Å². The Bertz CT molecular complexity index is 580. The van der Waals surface area contributed by atoms with Crippen LogP contribution >= 0.6 is 0 Å². The normalized spacial score (nSPS) is 12.0. The van der Waals surface area contributed by atoms with Crippen molar-refractivity contribution < 1.29 is 4.79 Å². The SMILES string of the molecule is C#CCC(C)NC(=O)c1cnn2ccccc12. The van der Waals surface area contributed by atoms with E-state index < -0.39 is 0 Å². The molecule has 17 heavy (non-hydrogen) atoms. The molecule has 1 unspecified atom stereocenters. The lowest BCUT2D eigenvalue weighted by molar-refractivity contribution is 0.0942. The summed E-state index contributed by atoms with van der Waals surface area (Å²) >= 11 is 0. The van der Waals surface area contributed by atoms with Gasteiger partial charge in [0.2, 0.25) is 0 Å². The highest BCUT2D eigenvalue weighted by atomic mass is 16.1. The van der Waals surface area contributed by atoms with Crippen LogP contribution in [0.5, 0.6) is 0 Å². The van der Waals surface area contributed by atoms with E-state index in [1.807, 2.05) is 25.1 Å². The molecular weight excluding hydrogens is 214 g/mol. The van der Waals surface area contributed by atoms with E-state index in [2.05, 4.69) is 16.3 Å². The Balaban J connectivity index is 2.23. The van der Waals surface area contributed by atoms with Crippen LogP contribution in [0, 0.1) is 12.3 Å². The summed E-state index contributed by atoms with van der Waals surface area (Å²) < 4.78 is 1.67. The summed E-state index contributed by atoms with van der Waals surface area (Å²) in [7, 11) is 0. The fourth-order valence-electron chi connectivity index (χ4n) is 1.64. The zero-order valence-corrected chi connectivity index (χ0v) is 9.55. The molecule has 86 valence electrons. The molecule has 1 N–H and O–H groups in total. The Morgan fingerprint density at radius 3 is 3.24 bits per heavy atom. The highest BCUT2D eigenvalue weighted by Crippen LogP contribution is 2.09. The van der Waals surface area contributed by atoms with E-state index in [1.54, 1.807) is 16.9 Å². The standard InChI is InChI=1S/C13H13N3O/c1-3-6-10(2)15-13(17)11-9-14-16-8-5-4-7-12(11)16/h1,4-5,7-10H,6H2,2H3,(H,15,17). The maximum Gasteiger partial charge on any atom is 0.255 e. The lowest BCUT2D eigenvalue weighted by Gasteiger charge is -2.09. The number of rotatable bonds is 3. The van der Waals surface area contributed by atoms with Gasteiger partial charge in [0.05, 0.1) is 17.3 Å². The van der Waals surface area contributed by atoms with Gasteiger partial charge < -0.3 is 5.32 Å². The maximum atomic E-state index is 12.0. The van der Waals surface area contributed by atoms with Crippen LogP contribution in [0.1, 0.15) is 23.7 Å². The van der Waals surface area contributed by atoms with E-state index in [0.29, 0.717) is 12.0 Å². The molecule has 0 aromatic carbocycles. The van der Waals surface area contributed by atoms with Crippen molar-refractivity contribution in [2.45, 2.75) is 19.4 Å². The Morgan fingerprint density at radius 1 is 1.65 bits per heavy atom. The molecule has 1 amide bonds. The first kappa shape index (κ1) is 11.2. The van der Waals surface area contributed by atoms with Crippen molar-refractivity contribution >= 4 is 11.4 Å². The number of hydrogen-bond acceptors (Lipinski definition) is 2. The molecule has 4 heteroatoms. The molecule has 0 fully saturated rings. The molecule has 0 aliphatic rings. The molecule has 0 saturated carbocycles. The third kappa shape index (κ3) is 2.28. The molecule has 0 spiro atoms. The van der Waals surface area contributed by atoms with Gasteiger partial charge in [-0.1, -0.05) is 6.07 Å². The minimum absolute atomic E-state index is 0.0360. The van der Waals surface area contributed by atoms with E-state index in [-0.39, 0.29) is 11.9 Å². The highest BCUT2D eigenvalue weighted by Gasteiger charge is 2.13. The predicted octanol–water partition coefficient (Wildman–Crippen LogP) is 1.48. The molecule has 0 radical (unpaired) electrons. The molecule has 0 bridgehead atoms. The molecule has 2 rings (SSSR count). The summed E-state index contributed by atoms with van der Waals surface area (Å²) in [6, 6.07) is 5.56. The van der Waals surface area contributed by atoms with Crippen LogP contribution in [-0.2, 0) is 0 Å². The highest BCUT2D eigenvalue weighted by molar-refractivity contribution is 6.00.